The fourth-order valence-electron chi connectivity index (χ4n) is 1.30. The van der Waals surface area contributed by atoms with Crippen molar-refractivity contribution < 1.29 is 13.2 Å². The van der Waals surface area contributed by atoms with Crippen LogP contribution in [0.15, 0.2) is 18.2 Å². The average Bonchev–Trinajstić information content (AvgIpc) is 2.72. The highest BCUT2D eigenvalue weighted by molar-refractivity contribution is 7.18. The zero-order valence-corrected chi connectivity index (χ0v) is 10.7. The Morgan fingerprint density at radius 3 is 2.41 bits per heavy atom. The Morgan fingerprint density at radius 2 is 1.88 bits per heavy atom. The lowest BCUT2D eigenvalue weighted by molar-refractivity contribution is -0.137. The number of aromatic nitrogens is 1. The van der Waals surface area contributed by atoms with Gasteiger partial charge in [-0.1, -0.05) is 20.8 Å². The van der Waals surface area contributed by atoms with Gasteiger partial charge in [-0.25, -0.2) is 4.98 Å². The van der Waals surface area contributed by atoms with Crippen molar-refractivity contribution in [3.63, 3.8) is 0 Å². The molecule has 0 spiro atoms. The Labute approximate surface area is 102 Å². The van der Waals surface area contributed by atoms with Gasteiger partial charge < -0.3 is 0 Å². The third kappa shape index (κ3) is 3.19. The summed E-state index contributed by atoms with van der Waals surface area (Å²) >= 11 is 1.44. The third-order valence-corrected chi connectivity index (χ3v) is 3.24. The molecule has 0 atom stereocenters. The van der Waals surface area contributed by atoms with Crippen LogP contribution in [0, 0.1) is 0 Å². The zero-order chi connectivity index (χ0) is 13.1. The van der Waals surface area contributed by atoms with Gasteiger partial charge >= 0.3 is 6.18 Å². The molecule has 0 N–H and O–H groups in total. The second-order valence-electron chi connectivity index (χ2n) is 3.14. The number of fused-ring (bicyclic) bond motifs is 1. The first-order valence-corrected chi connectivity index (χ1v) is 6.29. The lowest BCUT2D eigenvalue weighted by atomic mass is 10.2. The van der Waals surface area contributed by atoms with Gasteiger partial charge in [0.05, 0.1) is 20.8 Å². The van der Waals surface area contributed by atoms with Crippen molar-refractivity contribution in [2.45, 2.75) is 33.4 Å². The number of nitrogens with zero attached hydrogens (tertiary/aromatic N) is 1. The summed E-state index contributed by atoms with van der Waals surface area (Å²) in [6, 6.07) is 3.68. The molecule has 94 valence electrons. The molecule has 0 aliphatic carbocycles. The highest BCUT2D eigenvalue weighted by Crippen LogP contribution is 2.32. The van der Waals surface area contributed by atoms with Gasteiger partial charge in [-0.05, 0) is 24.6 Å². The molecule has 0 amide bonds. The summed E-state index contributed by atoms with van der Waals surface area (Å²) in [4.78, 5) is 4.12. The summed E-state index contributed by atoms with van der Waals surface area (Å²) in [6.45, 7) is 5.93. The number of hydrogen-bond donors (Lipinski definition) is 0. The molecule has 0 unspecified atom stereocenters. The van der Waals surface area contributed by atoms with Crippen LogP contribution in [-0.4, -0.2) is 4.98 Å². The Kier molecular flexibility index (Phi) is 4.51. The minimum absolute atomic E-state index is 0.437. The van der Waals surface area contributed by atoms with Crippen LogP contribution < -0.4 is 0 Å². The van der Waals surface area contributed by atoms with E-state index in [1.807, 2.05) is 20.8 Å². The number of benzene rings is 1. The molecular formula is C12H14F3NS. The first-order chi connectivity index (χ1) is 8.00. The molecule has 2 rings (SSSR count). The normalized spacial score (nSPS) is 11.2. The Hall–Kier alpha value is -1.10. The number of hydrogen-bond acceptors (Lipinski definition) is 2. The minimum atomic E-state index is -4.29. The fraction of sp³-hybridized carbons (Fsp3) is 0.417. The van der Waals surface area contributed by atoms with Crippen molar-refractivity contribution in [3.05, 3.63) is 28.8 Å². The van der Waals surface area contributed by atoms with E-state index in [0.717, 1.165) is 28.3 Å². The molecule has 0 saturated carbocycles. The van der Waals surface area contributed by atoms with Gasteiger partial charge in [-0.3, -0.25) is 0 Å². The summed E-state index contributed by atoms with van der Waals surface area (Å²) in [5.74, 6) is 0. The van der Waals surface area contributed by atoms with E-state index >= 15 is 0 Å². The standard InChI is InChI=1S/C10H8F3NS.C2H6/c1-2-9-14-7-5-6(10(11,12)13)3-4-8(7)15-9;1-2/h3-5H,2H2,1H3;1-2H3. The van der Waals surface area contributed by atoms with Gasteiger partial charge in [0.2, 0.25) is 0 Å². The van der Waals surface area contributed by atoms with E-state index in [2.05, 4.69) is 4.98 Å². The smallest absolute Gasteiger partial charge is 0.241 e. The van der Waals surface area contributed by atoms with Crippen LogP contribution in [0.5, 0.6) is 0 Å². The van der Waals surface area contributed by atoms with E-state index < -0.39 is 11.7 Å². The highest BCUT2D eigenvalue weighted by atomic mass is 32.1. The van der Waals surface area contributed by atoms with Gasteiger partial charge in [-0.2, -0.15) is 13.2 Å². The van der Waals surface area contributed by atoms with E-state index in [1.165, 1.54) is 17.4 Å². The first kappa shape index (κ1) is 14.0. The van der Waals surface area contributed by atoms with Gasteiger partial charge in [0.15, 0.2) is 0 Å². The molecule has 0 fully saturated rings. The summed E-state index contributed by atoms with van der Waals surface area (Å²) in [5, 5.41) is 0.865. The predicted molar refractivity (Wildman–Crippen MR) is 65.3 cm³/mol. The summed E-state index contributed by atoms with van der Waals surface area (Å²) < 4.78 is 37.9. The van der Waals surface area contributed by atoms with Crippen LogP contribution in [0.25, 0.3) is 10.2 Å². The molecule has 1 heterocycles. The molecule has 1 nitrogen and oxygen atoms in total. The SMILES string of the molecule is CC.CCc1nc2cc(C(F)(F)F)ccc2s1. The number of halogens is 3. The van der Waals surface area contributed by atoms with Crippen LogP contribution in [0.2, 0.25) is 0 Å². The Morgan fingerprint density at radius 1 is 1.24 bits per heavy atom. The number of aryl methyl sites for hydroxylation is 1. The van der Waals surface area contributed by atoms with Crippen LogP contribution in [0.1, 0.15) is 31.3 Å². The molecule has 0 aliphatic heterocycles. The quantitative estimate of drug-likeness (QED) is 0.711. The van der Waals surface area contributed by atoms with Crippen LogP contribution in [-0.2, 0) is 12.6 Å². The van der Waals surface area contributed by atoms with Crippen LogP contribution in [0.4, 0.5) is 13.2 Å². The maximum atomic E-state index is 12.4. The fourth-order valence-corrected chi connectivity index (χ4v) is 2.19. The van der Waals surface area contributed by atoms with Crippen molar-refractivity contribution in [3.8, 4) is 0 Å². The summed E-state index contributed by atoms with van der Waals surface area (Å²) in [7, 11) is 0. The maximum Gasteiger partial charge on any atom is 0.416 e. The van der Waals surface area contributed by atoms with E-state index in [4.69, 9.17) is 0 Å². The molecular weight excluding hydrogens is 247 g/mol. The molecule has 0 radical (unpaired) electrons. The Bertz CT molecular complexity index is 488. The summed E-state index contributed by atoms with van der Waals surface area (Å²) in [6.07, 6.45) is -3.54. The molecule has 1 aromatic carbocycles. The predicted octanol–water partition coefficient (Wildman–Crippen LogP) is 4.90. The number of alkyl halides is 3. The largest absolute Gasteiger partial charge is 0.416 e. The van der Waals surface area contributed by atoms with Gasteiger partial charge in [-0.15, -0.1) is 11.3 Å². The minimum Gasteiger partial charge on any atom is -0.241 e. The van der Waals surface area contributed by atoms with Crippen molar-refractivity contribution >= 4 is 21.6 Å². The van der Waals surface area contributed by atoms with Crippen LogP contribution in [0.3, 0.4) is 0 Å². The lowest BCUT2D eigenvalue weighted by Gasteiger charge is -2.04. The molecule has 0 bridgehead atoms. The van der Waals surface area contributed by atoms with Gasteiger partial charge in [0.1, 0.15) is 0 Å². The molecule has 1 aromatic heterocycles. The van der Waals surface area contributed by atoms with Crippen LogP contribution >= 0.6 is 11.3 Å². The monoisotopic (exact) mass is 261 g/mol. The van der Waals surface area contributed by atoms with Crippen molar-refractivity contribution in [2.75, 3.05) is 0 Å². The second kappa shape index (κ2) is 5.49. The van der Waals surface area contributed by atoms with Crippen molar-refractivity contribution in [1.82, 2.24) is 4.98 Å². The van der Waals surface area contributed by atoms with E-state index in [9.17, 15) is 13.2 Å². The van der Waals surface area contributed by atoms with Gasteiger partial charge in [0.25, 0.3) is 0 Å². The second-order valence-corrected chi connectivity index (χ2v) is 4.26. The average molecular weight is 261 g/mol. The van der Waals surface area contributed by atoms with E-state index in [0.29, 0.717) is 5.52 Å². The molecule has 5 heteroatoms. The van der Waals surface area contributed by atoms with Crippen molar-refractivity contribution in [2.24, 2.45) is 0 Å². The summed E-state index contributed by atoms with van der Waals surface area (Å²) in [5.41, 5.74) is -0.199. The number of thiazole rings is 1. The van der Waals surface area contributed by atoms with E-state index in [1.54, 1.807) is 0 Å². The number of rotatable bonds is 1. The first-order valence-electron chi connectivity index (χ1n) is 5.47. The highest BCUT2D eigenvalue weighted by Gasteiger charge is 2.30. The lowest BCUT2D eigenvalue weighted by Crippen LogP contribution is -2.03. The Balaban J connectivity index is 0.000000686. The molecule has 0 aliphatic rings. The molecule has 2 aromatic rings. The maximum absolute atomic E-state index is 12.4. The van der Waals surface area contributed by atoms with E-state index in [-0.39, 0.29) is 0 Å². The third-order valence-electron chi connectivity index (χ3n) is 2.06. The topological polar surface area (TPSA) is 12.9 Å². The van der Waals surface area contributed by atoms with Gasteiger partial charge in [0, 0.05) is 0 Å². The zero-order valence-electron chi connectivity index (χ0n) is 9.93. The van der Waals surface area contributed by atoms with Crippen molar-refractivity contribution in [1.29, 1.82) is 0 Å². The molecule has 0 saturated heterocycles. The molecule has 17 heavy (non-hydrogen) atoms.